The van der Waals surface area contributed by atoms with E-state index >= 15 is 0 Å². The van der Waals surface area contributed by atoms with Crippen molar-refractivity contribution in [2.24, 2.45) is 5.92 Å². The van der Waals surface area contributed by atoms with Crippen molar-refractivity contribution < 1.29 is 13.2 Å². The van der Waals surface area contributed by atoms with Gasteiger partial charge in [-0.05, 0) is 25.2 Å². The van der Waals surface area contributed by atoms with Gasteiger partial charge in [0.1, 0.15) is 0 Å². The van der Waals surface area contributed by atoms with Gasteiger partial charge in [0.2, 0.25) is 0 Å². The molecule has 0 N–H and O–H groups in total. The molecule has 0 amide bonds. The van der Waals surface area contributed by atoms with E-state index in [9.17, 15) is 8.42 Å². The number of rotatable bonds is 4. The van der Waals surface area contributed by atoms with E-state index in [2.05, 4.69) is 0 Å². The summed E-state index contributed by atoms with van der Waals surface area (Å²) in [5, 5.41) is 0. The van der Waals surface area contributed by atoms with Crippen LogP contribution in [0.5, 0.6) is 0 Å². The molecule has 2 unspecified atom stereocenters. The molecule has 0 saturated carbocycles. The van der Waals surface area contributed by atoms with Crippen molar-refractivity contribution in [2.75, 3.05) is 38.7 Å². The second-order valence-corrected chi connectivity index (χ2v) is 7.52. The Hall–Kier alpha value is 0.120. The Balaban J connectivity index is 2.04. The van der Waals surface area contributed by atoms with Gasteiger partial charge < -0.3 is 4.74 Å². The molecule has 0 radical (unpaired) electrons. The minimum atomic E-state index is -3.34. The molecule has 2 heterocycles. The summed E-state index contributed by atoms with van der Waals surface area (Å²) in [5.41, 5.74) is 0. The Morgan fingerprint density at radius 2 is 2.00 bits per heavy atom. The molecule has 2 aliphatic rings. The first-order chi connectivity index (χ1) is 9.07. The molecule has 0 aromatic carbocycles. The van der Waals surface area contributed by atoms with Crippen LogP contribution >= 0.6 is 11.6 Å². The van der Waals surface area contributed by atoms with E-state index in [0.717, 1.165) is 19.3 Å². The molecular weight excluding hydrogens is 288 g/mol. The molecule has 2 saturated heterocycles. The second-order valence-electron chi connectivity index (χ2n) is 5.29. The molecule has 2 aliphatic heterocycles. The van der Waals surface area contributed by atoms with E-state index in [4.69, 9.17) is 16.3 Å². The van der Waals surface area contributed by atoms with Crippen LogP contribution in [0.4, 0.5) is 0 Å². The van der Waals surface area contributed by atoms with E-state index < -0.39 is 10.2 Å². The van der Waals surface area contributed by atoms with E-state index in [1.165, 1.54) is 0 Å². The summed E-state index contributed by atoms with van der Waals surface area (Å²) in [4.78, 5) is 0. The van der Waals surface area contributed by atoms with Gasteiger partial charge in [-0.25, -0.2) is 0 Å². The number of halogens is 1. The lowest BCUT2D eigenvalue weighted by Gasteiger charge is -2.38. The number of morpholine rings is 1. The number of alkyl halides is 1. The highest BCUT2D eigenvalue weighted by atomic mass is 35.5. The Labute approximate surface area is 121 Å². The van der Waals surface area contributed by atoms with Crippen LogP contribution in [-0.2, 0) is 14.9 Å². The van der Waals surface area contributed by atoms with Crippen LogP contribution in [0.25, 0.3) is 0 Å². The minimum Gasteiger partial charge on any atom is -0.375 e. The molecule has 2 atom stereocenters. The van der Waals surface area contributed by atoms with Crippen molar-refractivity contribution in [3.8, 4) is 0 Å². The minimum absolute atomic E-state index is 0.0251. The Morgan fingerprint density at radius 1 is 1.26 bits per heavy atom. The number of hydrogen-bond donors (Lipinski definition) is 0. The second kappa shape index (κ2) is 6.72. The molecule has 19 heavy (non-hydrogen) atoms. The number of piperidine rings is 1. The number of ether oxygens (including phenoxy) is 1. The molecular formula is C12H23ClN2O3S. The largest absolute Gasteiger partial charge is 0.375 e. The zero-order valence-corrected chi connectivity index (χ0v) is 13.0. The fourth-order valence-electron chi connectivity index (χ4n) is 2.67. The summed E-state index contributed by atoms with van der Waals surface area (Å²) in [6, 6.07) is 0. The monoisotopic (exact) mass is 310 g/mol. The quantitative estimate of drug-likeness (QED) is 0.735. The van der Waals surface area contributed by atoms with Gasteiger partial charge >= 0.3 is 0 Å². The van der Waals surface area contributed by atoms with Gasteiger partial charge in [0.15, 0.2) is 0 Å². The normalized spacial score (nSPS) is 31.5. The van der Waals surface area contributed by atoms with Gasteiger partial charge in [-0.3, -0.25) is 0 Å². The summed E-state index contributed by atoms with van der Waals surface area (Å²) in [5.74, 6) is 0.820. The lowest BCUT2D eigenvalue weighted by molar-refractivity contribution is -0.00486. The van der Waals surface area contributed by atoms with Gasteiger partial charge in [-0.2, -0.15) is 17.0 Å². The predicted octanol–water partition coefficient (Wildman–Crippen LogP) is 1.29. The highest BCUT2D eigenvalue weighted by Crippen LogP contribution is 2.23. The first kappa shape index (κ1) is 15.5. The van der Waals surface area contributed by atoms with Gasteiger partial charge in [0.05, 0.1) is 12.7 Å². The van der Waals surface area contributed by atoms with Gasteiger partial charge in [0, 0.05) is 32.1 Å². The third kappa shape index (κ3) is 3.61. The molecule has 0 spiro atoms. The van der Waals surface area contributed by atoms with Crippen molar-refractivity contribution >= 4 is 21.8 Å². The molecule has 2 rings (SSSR count). The van der Waals surface area contributed by atoms with E-state index in [0.29, 0.717) is 38.7 Å². The summed E-state index contributed by atoms with van der Waals surface area (Å²) < 4.78 is 33.9. The first-order valence-electron chi connectivity index (χ1n) is 7.00. The lowest BCUT2D eigenvalue weighted by atomic mass is 10.0. The Morgan fingerprint density at radius 3 is 2.68 bits per heavy atom. The lowest BCUT2D eigenvalue weighted by Crippen LogP contribution is -2.53. The molecule has 0 aromatic rings. The molecule has 0 aliphatic carbocycles. The molecule has 0 aromatic heterocycles. The zero-order chi connectivity index (χ0) is 13.9. The van der Waals surface area contributed by atoms with Crippen molar-refractivity contribution in [3.05, 3.63) is 0 Å². The maximum atomic E-state index is 12.6. The summed E-state index contributed by atoms with van der Waals surface area (Å²) >= 11 is 5.87. The van der Waals surface area contributed by atoms with Gasteiger partial charge in [0.25, 0.3) is 10.2 Å². The molecule has 112 valence electrons. The Kier molecular flexibility index (Phi) is 5.48. The van der Waals surface area contributed by atoms with Crippen molar-refractivity contribution in [1.29, 1.82) is 0 Å². The van der Waals surface area contributed by atoms with Crippen LogP contribution in [0.15, 0.2) is 0 Å². The smallest absolute Gasteiger partial charge is 0.282 e. The van der Waals surface area contributed by atoms with Crippen LogP contribution in [-0.4, -0.2) is 61.8 Å². The molecule has 0 bridgehead atoms. The summed E-state index contributed by atoms with van der Waals surface area (Å²) in [6.07, 6.45) is 2.79. The van der Waals surface area contributed by atoms with Gasteiger partial charge in [-0.15, -0.1) is 11.6 Å². The SMILES string of the molecule is CCC1CN(S(=O)(=O)N2CCCC(CCl)C2)CCO1. The average molecular weight is 311 g/mol. The van der Waals surface area contributed by atoms with Gasteiger partial charge in [-0.1, -0.05) is 6.92 Å². The van der Waals surface area contributed by atoms with Crippen LogP contribution in [0.2, 0.25) is 0 Å². The fourth-order valence-corrected chi connectivity index (χ4v) is 4.67. The average Bonchev–Trinajstić information content (AvgIpc) is 2.47. The summed E-state index contributed by atoms with van der Waals surface area (Å²) in [6.45, 7) is 4.61. The molecule has 7 heteroatoms. The van der Waals surface area contributed by atoms with Crippen LogP contribution < -0.4 is 0 Å². The third-order valence-corrected chi connectivity index (χ3v) is 6.31. The van der Waals surface area contributed by atoms with Crippen molar-refractivity contribution in [2.45, 2.75) is 32.3 Å². The topological polar surface area (TPSA) is 49.9 Å². The Bertz CT molecular complexity index is 360. The molecule has 2 fully saturated rings. The van der Waals surface area contributed by atoms with Crippen LogP contribution in [0, 0.1) is 5.92 Å². The van der Waals surface area contributed by atoms with Crippen LogP contribution in [0.1, 0.15) is 26.2 Å². The number of hydrogen-bond acceptors (Lipinski definition) is 3. The standard InChI is InChI=1S/C12H23ClN2O3S/c1-2-12-10-15(6-7-18-12)19(16,17)14-5-3-4-11(8-13)9-14/h11-12H,2-10H2,1H3. The molecule has 5 nitrogen and oxygen atoms in total. The maximum Gasteiger partial charge on any atom is 0.282 e. The third-order valence-electron chi connectivity index (χ3n) is 3.91. The fraction of sp³-hybridized carbons (Fsp3) is 1.00. The predicted molar refractivity (Wildman–Crippen MR) is 75.5 cm³/mol. The van der Waals surface area contributed by atoms with Crippen molar-refractivity contribution in [1.82, 2.24) is 8.61 Å². The van der Waals surface area contributed by atoms with E-state index in [-0.39, 0.29) is 12.0 Å². The summed E-state index contributed by atoms with van der Waals surface area (Å²) in [7, 11) is -3.34. The van der Waals surface area contributed by atoms with Crippen LogP contribution in [0.3, 0.4) is 0 Å². The first-order valence-corrected chi connectivity index (χ1v) is 8.93. The zero-order valence-electron chi connectivity index (χ0n) is 11.4. The highest BCUT2D eigenvalue weighted by molar-refractivity contribution is 7.86. The van der Waals surface area contributed by atoms with Crippen molar-refractivity contribution in [3.63, 3.8) is 0 Å². The number of nitrogens with zero attached hydrogens (tertiary/aromatic N) is 2. The van der Waals surface area contributed by atoms with E-state index in [1.807, 2.05) is 6.92 Å². The van der Waals surface area contributed by atoms with E-state index in [1.54, 1.807) is 8.61 Å². The maximum absolute atomic E-state index is 12.6. The highest BCUT2D eigenvalue weighted by Gasteiger charge is 2.35.